The molecule has 1 heterocycles. The van der Waals surface area contributed by atoms with Crippen LogP contribution in [0, 0.1) is 24.2 Å². The highest BCUT2D eigenvalue weighted by Crippen LogP contribution is 2.25. The van der Waals surface area contributed by atoms with Gasteiger partial charge in [-0.15, -0.1) is 0 Å². The minimum atomic E-state index is -0.327. The van der Waals surface area contributed by atoms with Crippen LogP contribution in [0.25, 0.3) is 0 Å². The fraction of sp³-hybridized carbons (Fsp3) is 0.529. The molecule has 0 aliphatic carbocycles. The molecule has 1 saturated heterocycles. The van der Waals surface area contributed by atoms with E-state index >= 15 is 0 Å². The molecule has 0 amide bonds. The van der Waals surface area contributed by atoms with Crippen LogP contribution < -0.4 is 0 Å². The van der Waals surface area contributed by atoms with Crippen LogP contribution in [0.5, 0.6) is 0 Å². The van der Waals surface area contributed by atoms with Gasteiger partial charge in [0.05, 0.1) is 24.7 Å². The van der Waals surface area contributed by atoms with Gasteiger partial charge < -0.3 is 9.64 Å². The Balaban J connectivity index is 2.25. The molecule has 0 saturated carbocycles. The van der Waals surface area contributed by atoms with Crippen molar-refractivity contribution in [1.29, 1.82) is 5.26 Å². The Morgan fingerprint density at radius 2 is 2.29 bits per heavy atom. The van der Waals surface area contributed by atoms with Crippen LogP contribution in [0.1, 0.15) is 36.0 Å². The zero-order valence-electron chi connectivity index (χ0n) is 12.9. The normalized spacial score (nSPS) is 20.0. The number of hydrogen-bond donors (Lipinski definition) is 0. The Morgan fingerprint density at radius 1 is 1.52 bits per heavy atom. The smallest absolute Gasteiger partial charge is 0.314 e. The molecular weight excluding hydrogens is 264 g/mol. The largest absolute Gasteiger partial charge is 0.469 e. The molecule has 1 aliphatic rings. The summed E-state index contributed by atoms with van der Waals surface area (Å²) in [5.74, 6) is 0.117. The summed E-state index contributed by atoms with van der Waals surface area (Å²) in [7, 11) is 1.42. The molecule has 1 aliphatic heterocycles. The van der Waals surface area contributed by atoms with Gasteiger partial charge in [-0.2, -0.15) is 5.26 Å². The maximum absolute atomic E-state index is 12.2. The average Bonchev–Trinajstić information content (AvgIpc) is 2.88. The Bertz CT molecular complexity index is 562. The molecule has 21 heavy (non-hydrogen) atoms. The van der Waals surface area contributed by atoms with E-state index in [1.54, 1.807) is 6.07 Å². The van der Waals surface area contributed by atoms with Crippen molar-refractivity contribution in [3.8, 4) is 6.07 Å². The summed E-state index contributed by atoms with van der Waals surface area (Å²) in [5, 5.41) is 9.11. The predicted molar refractivity (Wildman–Crippen MR) is 80.9 cm³/mol. The minimum Gasteiger partial charge on any atom is -0.469 e. The number of nitrogens with zero attached hydrogens (tertiary/aromatic N) is 2. The van der Waals surface area contributed by atoms with Gasteiger partial charge in [0.1, 0.15) is 0 Å². The summed E-state index contributed by atoms with van der Waals surface area (Å²) in [6.07, 6.45) is 1.17. The second-order valence-corrected chi connectivity index (χ2v) is 5.97. The third-order valence-electron chi connectivity index (χ3n) is 4.07. The van der Waals surface area contributed by atoms with Crippen molar-refractivity contribution in [2.45, 2.75) is 26.2 Å². The highest BCUT2D eigenvalue weighted by Gasteiger charge is 2.28. The molecular formula is C17H22N2O2. The molecule has 2 rings (SSSR count). The summed E-state index contributed by atoms with van der Waals surface area (Å²) >= 11 is 0. The molecule has 2 unspecified atom stereocenters. The molecule has 4 nitrogen and oxygen atoms in total. The number of rotatable bonds is 4. The lowest BCUT2D eigenvalue weighted by molar-refractivity contribution is -0.142. The van der Waals surface area contributed by atoms with Crippen molar-refractivity contribution in [2.75, 3.05) is 26.7 Å². The Labute approximate surface area is 126 Å². The van der Waals surface area contributed by atoms with Crippen LogP contribution in [0.3, 0.4) is 0 Å². The van der Waals surface area contributed by atoms with Gasteiger partial charge in [0.15, 0.2) is 0 Å². The first-order valence-electron chi connectivity index (χ1n) is 7.35. The first-order chi connectivity index (χ1) is 10.0. The lowest BCUT2D eigenvalue weighted by Crippen LogP contribution is -2.31. The van der Waals surface area contributed by atoms with E-state index in [0.29, 0.717) is 18.0 Å². The molecule has 1 aromatic carbocycles. The van der Waals surface area contributed by atoms with Gasteiger partial charge in [-0.05, 0) is 49.1 Å². The van der Waals surface area contributed by atoms with Crippen molar-refractivity contribution in [3.63, 3.8) is 0 Å². The highest BCUT2D eigenvalue weighted by atomic mass is 16.5. The maximum Gasteiger partial charge on any atom is 0.314 e. The first kappa shape index (κ1) is 15.5. The zero-order valence-corrected chi connectivity index (χ0v) is 12.9. The van der Waals surface area contributed by atoms with Crippen molar-refractivity contribution in [2.24, 2.45) is 5.92 Å². The number of ether oxygens (including phenoxy) is 1. The van der Waals surface area contributed by atoms with Crippen molar-refractivity contribution >= 4 is 5.97 Å². The third-order valence-corrected chi connectivity index (χ3v) is 4.07. The van der Waals surface area contributed by atoms with Gasteiger partial charge in [-0.1, -0.05) is 13.0 Å². The number of aryl methyl sites for hydroxylation is 1. The number of methoxy groups -OCH3 is 1. The Morgan fingerprint density at radius 3 is 2.86 bits per heavy atom. The van der Waals surface area contributed by atoms with E-state index in [1.165, 1.54) is 13.5 Å². The van der Waals surface area contributed by atoms with E-state index in [0.717, 1.165) is 24.2 Å². The van der Waals surface area contributed by atoms with E-state index < -0.39 is 0 Å². The summed E-state index contributed by atoms with van der Waals surface area (Å²) in [6.45, 7) is 6.87. The fourth-order valence-electron chi connectivity index (χ4n) is 2.99. The van der Waals surface area contributed by atoms with E-state index in [2.05, 4.69) is 17.9 Å². The topological polar surface area (TPSA) is 53.3 Å². The fourth-order valence-corrected chi connectivity index (χ4v) is 2.99. The number of esters is 1. The molecule has 0 N–H and O–H groups in total. The molecule has 4 heteroatoms. The number of carbonyl (C=O) groups is 1. The summed E-state index contributed by atoms with van der Waals surface area (Å²) in [4.78, 5) is 14.5. The second kappa shape index (κ2) is 6.73. The lowest BCUT2D eigenvalue weighted by atomic mass is 9.95. The van der Waals surface area contributed by atoms with Crippen LogP contribution in [-0.2, 0) is 9.53 Å². The Hall–Kier alpha value is -1.86. The molecule has 0 aromatic heterocycles. The van der Waals surface area contributed by atoms with E-state index in [4.69, 9.17) is 10.00 Å². The van der Waals surface area contributed by atoms with Crippen LogP contribution in [0.4, 0.5) is 0 Å². The van der Waals surface area contributed by atoms with Crippen molar-refractivity contribution < 1.29 is 9.53 Å². The second-order valence-electron chi connectivity index (χ2n) is 5.97. The summed E-state index contributed by atoms with van der Waals surface area (Å²) in [5.41, 5.74) is 2.46. The monoisotopic (exact) mass is 286 g/mol. The quantitative estimate of drug-likeness (QED) is 0.798. The predicted octanol–water partition coefficient (Wildman–Crippen LogP) is 2.47. The van der Waals surface area contributed by atoms with Gasteiger partial charge in [0, 0.05) is 13.1 Å². The minimum absolute atomic E-state index is 0.232. The zero-order chi connectivity index (χ0) is 15.4. The van der Waals surface area contributed by atoms with E-state index in [9.17, 15) is 4.79 Å². The molecule has 2 atom stereocenters. The van der Waals surface area contributed by atoms with Crippen LogP contribution in [0.2, 0.25) is 0 Å². The molecule has 1 fully saturated rings. The number of nitriles is 1. The van der Waals surface area contributed by atoms with Crippen molar-refractivity contribution in [1.82, 2.24) is 4.90 Å². The van der Waals surface area contributed by atoms with Gasteiger partial charge in [-0.25, -0.2) is 0 Å². The van der Waals surface area contributed by atoms with E-state index in [-0.39, 0.29) is 11.9 Å². The molecule has 1 aromatic rings. The highest BCUT2D eigenvalue weighted by molar-refractivity contribution is 5.78. The first-order valence-corrected chi connectivity index (χ1v) is 7.35. The summed E-state index contributed by atoms with van der Waals surface area (Å²) < 4.78 is 4.97. The Kier molecular flexibility index (Phi) is 4.98. The number of carbonyl (C=O) groups excluding carboxylic acids is 1. The number of likely N-dealkylation sites (tertiary alicyclic amines) is 1. The van der Waals surface area contributed by atoms with Crippen LogP contribution in [0.15, 0.2) is 18.2 Å². The van der Waals surface area contributed by atoms with Crippen molar-refractivity contribution in [3.05, 3.63) is 34.9 Å². The van der Waals surface area contributed by atoms with Gasteiger partial charge in [0.25, 0.3) is 0 Å². The molecule has 0 radical (unpaired) electrons. The summed E-state index contributed by atoms with van der Waals surface area (Å²) in [6, 6.07) is 7.76. The molecule has 0 bridgehead atoms. The van der Waals surface area contributed by atoms with Gasteiger partial charge in [-0.3, -0.25) is 4.79 Å². The number of benzene rings is 1. The van der Waals surface area contributed by atoms with E-state index in [1.807, 2.05) is 19.1 Å². The van der Waals surface area contributed by atoms with Crippen LogP contribution in [-0.4, -0.2) is 37.6 Å². The molecule has 0 spiro atoms. The van der Waals surface area contributed by atoms with Crippen LogP contribution >= 0.6 is 0 Å². The SMILES string of the molecule is COC(=O)C(CN1CCC(C)C1)c1cc(C)cc(C#N)c1. The third kappa shape index (κ3) is 3.83. The lowest BCUT2D eigenvalue weighted by Gasteiger charge is -2.22. The van der Waals surface area contributed by atoms with Gasteiger partial charge >= 0.3 is 5.97 Å². The average molecular weight is 286 g/mol. The standard InChI is InChI=1S/C17H22N2O2/c1-12-4-5-19(10-12)11-16(17(20)21-3)15-7-13(2)6-14(8-15)9-18/h6-8,12,16H,4-5,10-11H2,1-3H3. The number of hydrogen-bond acceptors (Lipinski definition) is 4. The molecule has 112 valence electrons. The van der Waals surface area contributed by atoms with Gasteiger partial charge in [0.2, 0.25) is 0 Å². The maximum atomic E-state index is 12.2.